The van der Waals surface area contributed by atoms with Crippen LogP contribution in [0.1, 0.15) is 25.8 Å². The van der Waals surface area contributed by atoms with Gasteiger partial charge >= 0.3 is 0 Å². The minimum atomic E-state index is -0.415. The van der Waals surface area contributed by atoms with E-state index in [0.29, 0.717) is 6.42 Å². The third-order valence-electron chi connectivity index (χ3n) is 3.60. The summed E-state index contributed by atoms with van der Waals surface area (Å²) in [6, 6.07) is 9.54. The lowest BCUT2D eigenvalue weighted by atomic mass is 9.93. The largest absolute Gasteiger partial charge is 0.341 e. The normalized spacial score (nSPS) is 19.8. The number of nitrogens with two attached hydrogens (primary N) is 1. The van der Waals surface area contributed by atoms with Crippen molar-refractivity contribution in [2.45, 2.75) is 32.7 Å². The molecule has 1 amide bonds. The number of hydrogen-bond acceptors (Lipinski definition) is 2. The number of benzene rings is 1. The van der Waals surface area contributed by atoms with E-state index in [0.717, 1.165) is 25.1 Å². The topological polar surface area (TPSA) is 46.3 Å². The van der Waals surface area contributed by atoms with Crippen molar-refractivity contribution < 1.29 is 4.79 Å². The molecule has 1 atom stereocenters. The molecule has 2 rings (SSSR count). The Hall–Kier alpha value is -1.35. The van der Waals surface area contributed by atoms with Crippen LogP contribution < -0.4 is 5.73 Å². The fourth-order valence-corrected chi connectivity index (χ4v) is 2.49. The van der Waals surface area contributed by atoms with Crippen LogP contribution >= 0.6 is 0 Å². The Balaban J connectivity index is 1.94. The third kappa shape index (κ3) is 3.10. The fraction of sp³-hybridized carbons (Fsp3) is 0.533. The van der Waals surface area contributed by atoms with Gasteiger partial charge in [0.05, 0.1) is 6.04 Å². The molecule has 1 aliphatic rings. The predicted molar refractivity (Wildman–Crippen MR) is 73.1 cm³/mol. The molecule has 0 spiro atoms. The summed E-state index contributed by atoms with van der Waals surface area (Å²) in [5.74, 6) is 0.0874. The lowest BCUT2D eigenvalue weighted by molar-refractivity contribution is -0.131. The van der Waals surface area contributed by atoms with Crippen LogP contribution in [-0.4, -0.2) is 29.9 Å². The van der Waals surface area contributed by atoms with Crippen LogP contribution in [0.5, 0.6) is 0 Å². The number of likely N-dealkylation sites (tertiary alicyclic amines) is 1. The third-order valence-corrected chi connectivity index (χ3v) is 3.60. The highest BCUT2D eigenvalue weighted by Crippen LogP contribution is 2.29. The Bertz CT molecular complexity index is 414. The average molecular weight is 246 g/mol. The monoisotopic (exact) mass is 246 g/mol. The molecule has 1 heterocycles. The summed E-state index contributed by atoms with van der Waals surface area (Å²) in [7, 11) is 0. The van der Waals surface area contributed by atoms with Crippen LogP contribution in [0.3, 0.4) is 0 Å². The molecule has 1 aliphatic heterocycles. The summed E-state index contributed by atoms with van der Waals surface area (Å²) < 4.78 is 0. The molecule has 0 radical (unpaired) electrons. The molecule has 0 aromatic heterocycles. The van der Waals surface area contributed by atoms with E-state index in [9.17, 15) is 4.79 Å². The van der Waals surface area contributed by atoms with Gasteiger partial charge in [0.2, 0.25) is 5.91 Å². The van der Waals surface area contributed by atoms with Gasteiger partial charge in [-0.2, -0.15) is 0 Å². The summed E-state index contributed by atoms with van der Waals surface area (Å²) in [5.41, 5.74) is 7.39. The minimum Gasteiger partial charge on any atom is -0.341 e. The van der Waals surface area contributed by atoms with Crippen molar-refractivity contribution in [2.75, 3.05) is 13.1 Å². The van der Waals surface area contributed by atoms with Crippen molar-refractivity contribution in [2.24, 2.45) is 11.1 Å². The molecule has 1 aromatic carbocycles. The second kappa shape index (κ2) is 5.11. The molecule has 0 aliphatic carbocycles. The maximum absolute atomic E-state index is 12.2. The summed E-state index contributed by atoms with van der Waals surface area (Å²) in [5, 5.41) is 0. The molecular formula is C15H22N2O. The van der Waals surface area contributed by atoms with E-state index in [1.807, 2.05) is 35.2 Å². The van der Waals surface area contributed by atoms with Crippen LogP contribution in [-0.2, 0) is 11.2 Å². The number of carbonyl (C=O) groups is 1. The van der Waals surface area contributed by atoms with E-state index >= 15 is 0 Å². The first-order valence-electron chi connectivity index (χ1n) is 6.56. The van der Waals surface area contributed by atoms with Crippen LogP contribution in [0.4, 0.5) is 0 Å². The first kappa shape index (κ1) is 13.1. The van der Waals surface area contributed by atoms with Gasteiger partial charge in [-0.05, 0) is 23.8 Å². The van der Waals surface area contributed by atoms with E-state index in [4.69, 9.17) is 5.73 Å². The van der Waals surface area contributed by atoms with Crippen molar-refractivity contribution in [3.63, 3.8) is 0 Å². The number of hydrogen-bond donors (Lipinski definition) is 1. The average Bonchev–Trinajstić information content (AvgIpc) is 2.70. The zero-order chi connectivity index (χ0) is 13.2. The van der Waals surface area contributed by atoms with Crippen LogP contribution in [0.25, 0.3) is 0 Å². The quantitative estimate of drug-likeness (QED) is 0.884. The molecule has 0 saturated carbocycles. The minimum absolute atomic E-state index is 0.0874. The van der Waals surface area contributed by atoms with Crippen molar-refractivity contribution in [1.82, 2.24) is 4.90 Å². The number of rotatable bonds is 3. The van der Waals surface area contributed by atoms with Gasteiger partial charge in [0, 0.05) is 13.1 Å². The predicted octanol–water partition coefficient (Wildman–Crippen LogP) is 1.81. The van der Waals surface area contributed by atoms with E-state index in [2.05, 4.69) is 13.8 Å². The molecule has 98 valence electrons. The molecule has 3 heteroatoms. The maximum atomic E-state index is 12.2. The van der Waals surface area contributed by atoms with Gasteiger partial charge in [0.1, 0.15) is 0 Å². The standard InChI is InChI=1S/C15H22N2O/c1-15(2)8-9-17(11-15)14(18)13(16)10-12-6-4-3-5-7-12/h3-7,13H,8-11,16H2,1-2H3. The highest BCUT2D eigenvalue weighted by Gasteiger charge is 2.33. The van der Waals surface area contributed by atoms with E-state index in [1.54, 1.807) is 0 Å². The molecule has 1 saturated heterocycles. The summed E-state index contributed by atoms with van der Waals surface area (Å²) in [4.78, 5) is 14.1. The van der Waals surface area contributed by atoms with Gasteiger partial charge in [0.25, 0.3) is 0 Å². The van der Waals surface area contributed by atoms with Gasteiger partial charge in [-0.3, -0.25) is 4.79 Å². The van der Waals surface area contributed by atoms with E-state index < -0.39 is 6.04 Å². The van der Waals surface area contributed by atoms with Crippen LogP contribution in [0, 0.1) is 5.41 Å². The van der Waals surface area contributed by atoms with Crippen molar-refractivity contribution in [3.05, 3.63) is 35.9 Å². The number of amides is 1. The number of carbonyl (C=O) groups excluding carboxylic acids is 1. The Morgan fingerprint density at radius 3 is 2.61 bits per heavy atom. The molecule has 0 bridgehead atoms. The van der Waals surface area contributed by atoms with E-state index in [1.165, 1.54) is 0 Å². The zero-order valence-corrected chi connectivity index (χ0v) is 11.2. The zero-order valence-electron chi connectivity index (χ0n) is 11.2. The van der Waals surface area contributed by atoms with Gasteiger partial charge in [0.15, 0.2) is 0 Å². The van der Waals surface area contributed by atoms with Crippen molar-refractivity contribution in [1.29, 1.82) is 0 Å². The SMILES string of the molecule is CC1(C)CCN(C(=O)C(N)Cc2ccccc2)C1. The lowest BCUT2D eigenvalue weighted by Crippen LogP contribution is -2.44. The Morgan fingerprint density at radius 1 is 1.39 bits per heavy atom. The summed E-state index contributed by atoms with van der Waals surface area (Å²) in [6.07, 6.45) is 1.69. The highest BCUT2D eigenvalue weighted by atomic mass is 16.2. The van der Waals surface area contributed by atoms with Crippen molar-refractivity contribution in [3.8, 4) is 0 Å². The van der Waals surface area contributed by atoms with Crippen molar-refractivity contribution >= 4 is 5.91 Å². The Kier molecular flexibility index (Phi) is 3.71. The van der Waals surface area contributed by atoms with Gasteiger partial charge in [-0.15, -0.1) is 0 Å². The molecular weight excluding hydrogens is 224 g/mol. The Labute approximate surface area is 109 Å². The second-order valence-corrected chi connectivity index (χ2v) is 5.97. The Morgan fingerprint density at radius 2 is 2.06 bits per heavy atom. The number of nitrogens with zero attached hydrogens (tertiary/aromatic N) is 1. The van der Waals surface area contributed by atoms with Crippen LogP contribution in [0.2, 0.25) is 0 Å². The summed E-state index contributed by atoms with van der Waals surface area (Å²) in [6.45, 7) is 6.06. The smallest absolute Gasteiger partial charge is 0.239 e. The van der Waals surface area contributed by atoms with Gasteiger partial charge < -0.3 is 10.6 Å². The lowest BCUT2D eigenvalue weighted by Gasteiger charge is -2.23. The fourth-order valence-electron chi connectivity index (χ4n) is 2.49. The molecule has 1 aromatic rings. The van der Waals surface area contributed by atoms with Gasteiger partial charge in [-0.25, -0.2) is 0 Å². The molecule has 18 heavy (non-hydrogen) atoms. The van der Waals surface area contributed by atoms with Gasteiger partial charge in [-0.1, -0.05) is 44.2 Å². The van der Waals surface area contributed by atoms with Crippen LogP contribution in [0.15, 0.2) is 30.3 Å². The first-order chi connectivity index (χ1) is 8.48. The first-order valence-corrected chi connectivity index (χ1v) is 6.56. The van der Waals surface area contributed by atoms with E-state index in [-0.39, 0.29) is 11.3 Å². The summed E-state index contributed by atoms with van der Waals surface area (Å²) >= 11 is 0. The molecule has 2 N–H and O–H groups in total. The second-order valence-electron chi connectivity index (χ2n) is 5.97. The molecule has 1 unspecified atom stereocenters. The molecule has 1 fully saturated rings. The highest BCUT2D eigenvalue weighted by molar-refractivity contribution is 5.82. The maximum Gasteiger partial charge on any atom is 0.239 e. The molecule has 3 nitrogen and oxygen atoms in total.